The standard InChI is InChI=1S/C19H25N3O6/c1-6-11(2)15(18(25)27-4)20-17(24)13-7-9-14(10-8-13)21-22-16(12(3)23)19(26)28-5/h7-11,15,23H,6H2,1-5H3,(H,20,24)/b16-12-,22-21?. The minimum Gasteiger partial charge on any atom is -0.510 e. The zero-order chi connectivity index (χ0) is 21.3. The number of hydrogen-bond donors (Lipinski definition) is 2. The lowest BCUT2D eigenvalue weighted by Gasteiger charge is -2.21. The number of carbonyl (C=O) groups excluding carboxylic acids is 3. The molecule has 0 heterocycles. The van der Waals surface area contributed by atoms with Gasteiger partial charge in [-0.1, -0.05) is 20.3 Å². The Morgan fingerprint density at radius 2 is 1.75 bits per heavy atom. The molecule has 1 amide bonds. The van der Waals surface area contributed by atoms with Gasteiger partial charge in [0.05, 0.1) is 19.9 Å². The normalized spacial score (nSPS) is 14.0. The van der Waals surface area contributed by atoms with Crippen molar-refractivity contribution in [3.05, 3.63) is 41.3 Å². The quantitative estimate of drug-likeness (QED) is 0.303. The summed E-state index contributed by atoms with van der Waals surface area (Å²) in [6, 6.07) is 5.28. The molecule has 0 aliphatic heterocycles. The minimum atomic E-state index is -0.821. The van der Waals surface area contributed by atoms with Gasteiger partial charge in [-0.15, -0.1) is 5.11 Å². The van der Waals surface area contributed by atoms with E-state index < -0.39 is 23.9 Å². The number of benzene rings is 1. The minimum absolute atomic E-state index is 0.0882. The van der Waals surface area contributed by atoms with E-state index in [1.165, 1.54) is 38.3 Å². The second-order valence-electron chi connectivity index (χ2n) is 6.03. The second kappa shape index (κ2) is 10.8. The molecule has 9 nitrogen and oxygen atoms in total. The van der Waals surface area contributed by atoms with Crippen molar-refractivity contribution in [1.82, 2.24) is 5.32 Å². The molecular weight excluding hydrogens is 366 g/mol. The molecule has 2 unspecified atom stereocenters. The maximum absolute atomic E-state index is 12.4. The van der Waals surface area contributed by atoms with Crippen LogP contribution in [0.2, 0.25) is 0 Å². The molecule has 152 valence electrons. The fraction of sp³-hybridized carbons (Fsp3) is 0.421. The summed E-state index contributed by atoms with van der Waals surface area (Å²) in [5.41, 5.74) is 0.350. The van der Waals surface area contributed by atoms with Crippen molar-refractivity contribution >= 4 is 23.5 Å². The Morgan fingerprint density at radius 3 is 2.21 bits per heavy atom. The van der Waals surface area contributed by atoms with Crippen molar-refractivity contribution in [2.45, 2.75) is 33.2 Å². The molecule has 2 N–H and O–H groups in total. The fourth-order valence-electron chi connectivity index (χ4n) is 2.17. The summed E-state index contributed by atoms with van der Waals surface area (Å²) in [7, 11) is 2.43. The van der Waals surface area contributed by atoms with E-state index in [1.54, 1.807) is 0 Å². The maximum atomic E-state index is 12.4. The molecule has 0 saturated heterocycles. The SMILES string of the molecule is CCC(C)C(NC(=O)c1ccc(N=N/C(C(=O)OC)=C(/C)O)cc1)C(=O)OC. The molecule has 28 heavy (non-hydrogen) atoms. The van der Waals surface area contributed by atoms with Crippen LogP contribution in [-0.4, -0.2) is 43.2 Å². The van der Waals surface area contributed by atoms with Gasteiger partial charge < -0.3 is 19.9 Å². The zero-order valence-corrected chi connectivity index (χ0v) is 16.6. The van der Waals surface area contributed by atoms with Crippen molar-refractivity contribution in [3.63, 3.8) is 0 Å². The highest BCUT2D eigenvalue weighted by molar-refractivity contribution is 5.97. The highest BCUT2D eigenvalue weighted by atomic mass is 16.5. The topological polar surface area (TPSA) is 127 Å². The molecule has 1 aromatic carbocycles. The average molecular weight is 391 g/mol. The maximum Gasteiger partial charge on any atom is 0.362 e. The number of carbonyl (C=O) groups is 3. The van der Waals surface area contributed by atoms with E-state index in [-0.39, 0.29) is 17.4 Å². The monoisotopic (exact) mass is 391 g/mol. The Balaban J connectivity index is 2.93. The Hall–Kier alpha value is -3.23. The Labute approximate surface area is 163 Å². The summed E-state index contributed by atoms with van der Waals surface area (Å²) in [4.78, 5) is 35.8. The highest BCUT2D eigenvalue weighted by Crippen LogP contribution is 2.17. The number of esters is 2. The van der Waals surface area contributed by atoms with E-state index in [9.17, 15) is 19.5 Å². The Bertz CT molecular complexity index is 766. The van der Waals surface area contributed by atoms with Crippen LogP contribution in [0.4, 0.5) is 5.69 Å². The predicted molar refractivity (Wildman–Crippen MR) is 101 cm³/mol. The summed E-state index contributed by atoms with van der Waals surface area (Å²) < 4.78 is 9.26. The van der Waals surface area contributed by atoms with Gasteiger partial charge >= 0.3 is 11.9 Å². The first-order chi connectivity index (χ1) is 13.2. The number of amides is 1. The van der Waals surface area contributed by atoms with E-state index in [0.29, 0.717) is 17.7 Å². The summed E-state index contributed by atoms with van der Waals surface area (Å²) >= 11 is 0. The lowest BCUT2D eigenvalue weighted by molar-refractivity contribution is -0.144. The summed E-state index contributed by atoms with van der Waals surface area (Å²) in [6.45, 7) is 5.05. The molecule has 0 aliphatic carbocycles. The third-order valence-electron chi connectivity index (χ3n) is 4.07. The Kier molecular flexibility index (Phi) is 8.80. The summed E-state index contributed by atoms with van der Waals surface area (Å²) in [5, 5.41) is 19.6. The number of methoxy groups -OCH3 is 2. The molecule has 0 fully saturated rings. The van der Waals surface area contributed by atoms with Gasteiger partial charge in [0.25, 0.3) is 5.91 Å². The highest BCUT2D eigenvalue weighted by Gasteiger charge is 2.27. The number of nitrogens with zero attached hydrogens (tertiary/aromatic N) is 2. The largest absolute Gasteiger partial charge is 0.510 e. The van der Waals surface area contributed by atoms with Gasteiger partial charge in [0.2, 0.25) is 5.70 Å². The van der Waals surface area contributed by atoms with Crippen LogP contribution in [0.3, 0.4) is 0 Å². The van der Waals surface area contributed by atoms with Crippen LogP contribution in [0, 0.1) is 5.92 Å². The van der Waals surface area contributed by atoms with Crippen LogP contribution < -0.4 is 5.32 Å². The van der Waals surface area contributed by atoms with Gasteiger partial charge in [-0.25, -0.2) is 9.59 Å². The molecule has 0 aliphatic rings. The van der Waals surface area contributed by atoms with Gasteiger partial charge in [0, 0.05) is 5.56 Å². The van der Waals surface area contributed by atoms with Crippen molar-refractivity contribution in [3.8, 4) is 0 Å². The van der Waals surface area contributed by atoms with Crippen molar-refractivity contribution < 1.29 is 29.0 Å². The molecule has 0 bridgehead atoms. The molecule has 0 aromatic heterocycles. The first kappa shape index (κ1) is 22.8. The fourth-order valence-corrected chi connectivity index (χ4v) is 2.17. The Morgan fingerprint density at radius 1 is 1.14 bits per heavy atom. The molecule has 0 radical (unpaired) electrons. The van der Waals surface area contributed by atoms with Gasteiger partial charge in [0.15, 0.2) is 0 Å². The number of ether oxygens (including phenoxy) is 2. The van der Waals surface area contributed by atoms with Crippen molar-refractivity contribution in [1.29, 1.82) is 0 Å². The number of nitrogens with one attached hydrogen (secondary N) is 1. The van der Waals surface area contributed by atoms with Crippen LogP contribution in [0.25, 0.3) is 0 Å². The van der Waals surface area contributed by atoms with Crippen LogP contribution in [0.1, 0.15) is 37.6 Å². The van der Waals surface area contributed by atoms with Crippen molar-refractivity contribution in [2.75, 3.05) is 14.2 Å². The van der Waals surface area contributed by atoms with E-state index in [2.05, 4.69) is 20.3 Å². The van der Waals surface area contributed by atoms with Gasteiger partial charge in [0.1, 0.15) is 11.8 Å². The number of azo groups is 1. The van der Waals surface area contributed by atoms with E-state index in [1.807, 2.05) is 13.8 Å². The van der Waals surface area contributed by atoms with E-state index in [0.717, 1.165) is 7.11 Å². The molecule has 2 atom stereocenters. The summed E-state index contributed by atoms with van der Waals surface area (Å²) in [6.07, 6.45) is 0.694. The first-order valence-corrected chi connectivity index (χ1v) is 8.63. The third-order valence-corrected chi connectivity index (χ3v) is 4.07. The van der Waals surface area contributed by atoms with E-state index >= 15 is 0 Å². The second-order valence-corrected chi connectivity index (χ2v) is 6.03. The van der Waals surface area contributed by atoms with Crippen LogP contribution in [-0.2, 0) is 19.1 Å². The molecule has 0 spiro atoms. The number of aliphatic hydroxyl groups is 1. The van der Waals surface area contributed by atoms with Gasteiger partial charge in [-0.3, -0.25) is 4.79 Å². The molecular formula is C19H25N3O6. The van der Waals surface area contributed by atoms with Gasteiger partial charge in [-0.2, -0.15) is 5.11 Å². The average Bonchev–Trinajstić information content (AvgIpc) is 2.70. The molecule has 9 heteroatoms. The first-order valence-electron chi connectivity index (χ1n) is 8.63. The third kappa shape index (κ3) is 6.19. The summed E-state index contributed by atoms with van der Waals surface area (Å²) in [5.74, 6) is -2.17. The zero-order valence-electron chi connectivity index (χ0n) is 16.6. The molecule has 1 rings (SSSR count). The van der Waals surface area contributed by atoms with Crippen LogP contribution >= 0.6 is 0 Å². The van der Waals surface area contributed by atoms with Crippen LogP contribution in [0.15, 0.2) is 46.0 Å². The number of allylic oxidation sites excluding steroid dienone is 1. The number of hydrogen-bond acceptors (Lipinski definition) is 8. The smallest absolute Gasteiger partial charge is 0.362 e. The van der Waals surface area contributed by atoms with Gasteiger partial charge in [-0.05, 0) is 37.1 Å². The molecule has 1 aromatic rings. The van der Waals surface area contributed by atoms with Crippen LogP contribution in [0.5, 0.6) is 0 Å². The number of aliphatic hydroxyl groups excluding tert-OH is 1. The number of rotatable bonds is 8. The predicted octanol–water partition coefficient (Wildman–Crippen LogP) is 3.05. The van der Waals surface area contributed by atoms with Crippen molar-refractivity contribution in [2.24, 2.45) is 16.1 Å². The van der Waals surface area contributed by atoms with E-state index in [4.69, 9.17) is 4.74 Å². The lowest BCUT2D eigenvalue weighted by atomic mass is 9.99. The molecule has 0 saturated carbocycles. The lowest BCUT2D eigenvalue weighted by Crippen LogP contribution is -2.45.